The Kier molecular flexibility index (Phi) is 5.54. The lowest BCUT2D eigenvalue weighted by Crippen LogP contribution is -2.46. The van der Waals surface area contributed by atoms with Crippen molar-refractivity contribution in [3.05, 3.63) is 23.7 Å². The molecule has 1 aliphatic rings. The predicted octanol–water partition coefficient (Wildman–Crippen LogP) is 1.31. The SMILES string of the molecule is CCNCc1ccc(CN2CCSCC2S(C)(=O)=O)o1. The molecule has 1 atom stereocenters. The van der Waals surface area contributed by atoms with Crippen molar-refractivity contribution in [1.29, 1.82) is 0 Å². The van der Waals surface area contributed by atoms with Gasteiger partial charge >= 0.3 is 0 Å². The van der Waals surface area contributed by atoms with Crippen LogP contribution in [0.15, 0.2) is 16.5 Å². The highest BCUT2D eigenvalue weighted by atomic mass is 32.2. The Labute approximate surface area is 125 Å². The molecule has 0 amide bonds. The first kappa shape index (κ1) is 15.9. The number of nitrogens with zero attached hydrogens (tertiary/aromatic N) is 1. The van der Waals surface area contributed by atoms with Gasteiger partial charge in [-0.3, -0.25) is 4.90 Å². The highest BCUT2D eigenvalue weighted by Gasteiger charge is 2.31. The van der Waals surface area contributed by atoms with Gasteiger partial charge in [0.1, 0.15) is 16.9 Å². The molecule has 0 aromatic carbocycles. The molecule has 2 rings (SSSR count). The van der Waals surface area contributed by atoms with Crippen LogP contribution in [0.2, 0.25) is 0 Å². The van der Waals surface area contributed by atoms with E-state index >= 15 is 0 Å². The second-order valence-electron chi connectivity index (χ2n) is 4.98. The Hall–Kier alpha value is -0.500. The van der Waals surface area contributed by atoms with E-state index < -0.39 is 15.2 Å². The molecule has 0 bridgehead atoms. The van der Waals surface area contributed by atoms with Crippen LogP contribution >= 0.6 is 11.8 Å². The third-order valence-electron chi connectivity index (χ3n) is 3.31. The lowest BCUT2D eigenvalue weighted by molar-refractivity contribution is 0.238. The zero-order valence-corrected chi connectivity index (χ0v) is 13.6. The third-order valence-corrected chi connectivity index (χ3v) is 6.00. The molecule has 0 radical (unpaired) electrons. The molecule has 1 aromatic rings. The fourth-order valence-corrected chi connectivity index (χ4v) is 5.18. The highest BCUT2D eigenvalue weighted by molar-refractivity contribution is 8.00. The van der Waals surface area contributed by atoms with Gasteiger partial charge in [-0.25, -0.2) is 8.42 Å². The van der Waals surface area contributed by atoms with Gasteiger partial charge in [-0.2, -0.15) is 11.8 Å². The third kappa shape index (κ3) is 4.25. The summed E-state index contributed by atoms with van der Waals surface area (Å²) in [5.74, 6) is 3.34. The minimum absolute atomic E-state index is 0.399. The minimum atomic E-state index is -3.05. The first-order valence-electron chi connectivity index (χ1n) is 6.79. The van der Waals surface area contributed by atoms with Gasteiger partial charge in [-0.15, -0.1) is 0 Å². The van der Waals surface area contributed by atoms with Gasteiger partial charge in [0.05, 0.1) is 13.1 Å². The highest BCUT2D eigenvalue weighted by Crippen LogP contribution is 2.23. The van der Waals surface area contributed by atoms with Crippen molar-refractivity contribution >= 4 is 21.6 Å². The van der Waals surface area contributed by atoms with Gasteiger partial charge < -0.3 is 9.73 Å². The van der Waals surface area contributed by atoms with Crippen molar-refractivity contribution < 1.29 is 12.8 Å². The van der Waals surface area contributed by atoms with Gasteiger partial charge in [0, 0.05) is 24.3 Å². The minimum Gasteiger partial charge on any atom is -0.463 e. The quantitative estimate of drug-likeness (QED) is 0.853. The molecule has 1 fully saturated rings. The maximum absolute atomic E-state index is 11.8. The fraction of sp³-hybridized carbons (Fsp3) is 0.692. The van der Waals surface area contributed by atoms with E-state index in [2.05, 4.69) is 5.32 Å². The van der Waals surface area contributed by atoms with Crippen LogP contribution in [0.4, 0.5) is 0 Å². The van der Waals surface area contributed by atoms with Crippen LogP contribution in [-0.4, -0.2) is 49.5 Å². The summed E-state index contributed by atoms with van der Waals surface area (Å²) < 4.78 is 29.4. The van der Waals surface area contributed by atoms with Crippen LogP contribution in [0, 0.1) is 0 Å². The van der Waals surface area contributed by atoms with Crippen LogP contribution in [0.25, 0.3) is 0 Å². The lowest BCUT2D eigenvalue weighted by atomic mass is 10.3. The second-order valence-corrected chi connectivity index (χ2v) is 8.33. The maximum Gasteiger partial charge on any atom is 0.164 e. The summed E-state index contributed by atoms with van der Waals surface area (Å²) in [7, 11) is -3.05. The van der Waals surface area contributed by atoms with Gasteiger partial charge in [0.15, 0.2) is 9.84 Å². The van der Waals surface area contributed by atoms with Crippen molar-refractivity contribution in [2.24, 2.45) is 0 Å². The summed E-state index contributed by atoms with van der Waals surface area (Å²) in [5, 5.41) is 2.81. The van der Waals surface area contributed by atoms with E-state index in [1.807, 2.05) is 24.0 Å². The summed E-state index contributed by atoms with van der Waals surface area (Å²) in [5.41, 5.74) is 0. The topological polar surface area (TPSA) is 62.6 Å². The van der Waals surface area contributed by atoms with Crippen molar-refractivity contribution in [3.8, 4) is 0 Å². The van der Waals surface area contributed by atoms with E-state index in [1.165, 1.54) is 6.26 Å². The summed E-state index contributed by atoms with van der Waals surface area (Å²) in [4.78, 5) is 2.00. The van der Waals surface area contributed by atoms with Crippen molar-refractivity contribution in [3.63, 3.8) is 0 Å². The predicted molar refractivity (Wildman–Crippen MR) is 82.5 cm³/mol. The maximum atomic E-state index is 11.8. The molecular weight excluding hydrogens is 296 g/mol. The molecule has 1 aliphatic heterocycles. The number of sulfone groups is 1. The van der Waals surface area contributed by atoms with E-state index in [0.717, 1.165) is 30.4 Å². The summed E-state index contributed by atoms with van der Waals surface area (Å²) in [6, 6.07) is 3.89. The Morgan fingerprint density at radius 3 is 2.90 bits per heavy atom. The molecule has 1 aromatic heterocycles. The molecular formula is C13H22N2O3S2. The number of rotatable bonds is 6. The van der Waals surface area contributed by atoms with E-state index in [9.17, 15) is 8.42 Å². The molecule has 0 saturated carbocycles. The summed E-state index contributed by atoms with van der Waals surface area (Å²) in [6.45, 7) is 5.00. The summed E-state index contributed by atoms with van der Waals surface area (Å²) >= 11 is 1.70. The molecule has 114 valence electrons. The number of furan rings is 1. The Bertz CT molecular complexity index is 527. The van der Waals surface area contributed by atoms with Crippen molar-refractivity contribution in [2.75, 3.05) is 30.9 Å². The van der Waals surface area contributed by atoms with E-state index in [0.29, 0.717) is 18.8 Å². The zero-order chi connectivity index (χ0) is 14.6. The Morgan fingerprint density at radius 1 is 1.45 bits per heavy atom. The van der Waals surface area contributed by atoms with Crippen molar-refractivity contribution in [1.82, 2.24) is 10.2 Å². The standard InChI is InChI=1S/C13H22N2O3S2/c1-3-14-8-11-4-5-12(18-11)9-15-6-7-19-10-13(15)20(2,16)17/h4-5,13-14H,3,6-10H2,1-2H3. The van der Waals surface area contributed by atoms with Gasteiger partial charge in [-0.1, -0.05) is 6.92 Å². The van der Waals surface area contributed by atoms with Crippen LogP contribution in [0.5, 0.6) is 0 Å². The number of hydrogen-bond donors (Lipinski definition) is 1. The monoisotopic (exact) mass is 318 g/mol. The van der Waals surface area contributed by atoms with Crippen LogP contribution in [-0.2, 0) is 22.9 Å². The summed E-state index contributed by atoms with van der Waals surface area (Å²) in [6.07, 6.45) is 1.31. The number of hydrogen-bond acceptors (Lipinski definition) is 6. The van der Waals surface area contributed by atoms with Gasteiger partial charge in [0.25, 0.3) is 0 Å². The molecule has 2 heterocycles. The zero-order valence-electron chi connectivity index (χ0n) is 12.0. The molecule has 0 aliphatic carbocycles. The average molecular weight is 318 g/mol. The first-order chi connectivity index (χ1) is 9.50. The Balaban J connectivity index is 2.01. The fourth-order valence-electron chi connectivity index (χ4n) is 2.24. The first-order valence-corrected chi connectivity index (χ1v) is 9.90. The second kappa shape index (κ2) is 6.98. The number of nitrogens with one attached hydrogen (secondary N) is 1. The average Bonchev–Trinajstić information content (AvgIpc) is 2.83. The molecule has 0 spiro atoms. The molecule has 1 N–H and O–H groups in total. The lowest BCUT2D eigenvalue weighted by Gasteiger charge is -2.33. The smallest absolute Gasteiger partial charge is 0.164 e. The molecule has 5 nitrogen and oxygen atoms in total. The van der Waals surface area contributed by atoms with Gasteiger partial charge in [0.2, 0.25) is 0 Å². The van der Waals surface area contributed by atoms with Crippen LogP contribution in [0.1, 0.15) is 18.4 Å². The van der Waals surface area contributed by atoms with E-state index in [4.69, 9.17) is 4.42 Å². The Morgan fingerprint density at radius 2 is 2.20 bits per heavy atom. The molecule has 1 saturated heterocycles. The van der Waals surface area contributed by atoms with Gasteiger partial charge in [-0.05, 0) is 18.7 Å². The normalized spacial score (nSPS) is 21.2. The van der Waals surface area contributed by atoms with E-state index in [-0.39, 0.29) is 0 Å². The van der Waals surface area contributed by atoms with Crippen LogP contribution in [0.3, 0.4) is 0 Å². The number of thioether (sulfide) groups is 1. The van der Waals surface area contributed by atoms with E-state index in [1.54, 1.807) is 11.8 Å². The molecule has 7 heteroatoms. The van der Waals surface area contributed by atoms with Crippen LogP contribution < -0.4 is 5.32 Å². The molecule has 20 heavy (non-hydrogen) atoms. The molecule has 1 unspecified atom stereocenters. The van der Waals surface area contributed by atoms with Crippen molar-refractivity contribution in [2.45, 2.75) is 25.4 Å². The largest absolute Gasteiger partial charge is 0.463 e.